The largest absolute Gasteiger partial charge is 0.490 e. The van der Waals surface area contributed by atoms with Crippen molar-refractivity contribution in [3.63, 3.8) is 0 Å². The number of benzene rings is 2. The van der Waals surface area contributed by atoms with Gasteiger partial charge in [0, 0.05) is 17.2 Å². The summed E-state index contributed by atoms with van der Waals surface area (Å²) in [4.78, 5) is 20.8. The van der Waals surface area contributed by atoms with Crippen LogP contribution in [0.5, 0.6) is 11.5 Å². The summed E-state index contributed by atoms with van der Waals surface area (Å²) in [5.74, 6) is -6.14. The Morgan fingerprint density at radius 1 is 0.568 bits per heavy atom. The zero-order valence-electron chi connectivity index (χ0n) is 25.4. The summed E-state index contributed by atoms with van der Waals surface area (Å²) >= 11 is 0. The number of hydrogen-bond acceptors (Lipinski definition) is 6. The van der Waals surface area contributed by atoms with Gasteiger partial charge in [-0.15, -0.1) is 6.58 Å². The molecule has 2 aromatic carbocycles. The van der Waals surface area contributed by atoms with Crippen LogP contribution in [0.25, 0.3) is 11.1 Å². The molecule has 0 fully saturated rings. The van der Waals surface area contributed by atoms with Crippen LogP contribution in [0.15, 0.2) is 49.6 Å². The fraction of sp³-hybridized carbons (Fsp3) is 0.500. The molecule has 0 aliphatic heterocycles. The normalized spacial score (nSPS) is 10.9. The van der Waals surface area contributed by atoms with Crippen LogP contribution >= 0.6 is 0 Å². The van der Waals surface area contributed by atoms with Crippen LogP contribution < -0.4 is 9.47 Å². The van der Waals surface area contributed by atoms with E-state index in [2.05, 4.69) is 13.2 Å². The zero-order chi connectivity index (χ0) is 32.0. The quantitative estimate of drug-likeness (QED) is 0.0209. The van der Waals surface area contributed by atoms with E-state index in [0.29, 0.717) is 32.7 Å². The van der Waals surface area contributed by atoms with Crippen molar-refractivity contribution in [2.24, 2.45) is 0 Å². The average molecular weight is 625 g/mol. The van der Waals surface area contributed by atoms with E-state index in [4.69, 9.17) is 24.0 Å². The van der Waals surface area contributed by atoms with Crippen LogP contribution in [0.2, 0.25) is 0 Å². The molecule has 0 saturated carbocycles. The number of ether oxygens (including phenoxy) is 3. The van der Waals surface area contributed by atoms with Gasteiger partial charge in [0.15, 0.2) is 23.1 Å². The fourth-order valence-corrected chi connectivity index (χ4v) is 4.33. The Kier molecular flexibility index (Phi) is 18.6. The Hall–Kier alpha value is -3.37. The third-order valence-corrected chi connectivity index (χ3v) is 6.74. The van der Waals surface area contributed by atoms with Crippen molar-refractivity contribution in [1.29, 1.82) is 0 Å². The van der Waals surface area contributed by atoms with Gasteiger partial charge >= 0.3 is 5.97 Å². The first-order valence-electron chi connectivity index (χ1n) is 15.3. The molecular formula is C34H44F4O6. The van der Waals surface area contributed by atoms with Gasteiger partial charge in [-0.3, -0.25) is 0 Å². The van der Waals surface area contributed by atoms with E-state index in [-0.39, 0.29) is 24.7 Å². The highest BCUT2D eigenvalue weighted by molar-refractivity contribution is 5.81. The second-order valence-electron chi connectivity index (χ2n) is 10.2. The minimum absolute atomic E-state index is 0.183. The highest BCUT2D eigenvalue weighted by Gasteiger charge is 2.22. The van der Waals surface area contributed by atoms with Crippen molar-refractivity contribution >= 4 is 5.97 Å². The van der Waals surface area contributed by atoms with Crippen LogP contribution in [0.4, 0.5) is 17.6 Å². The molecule has 0 spiro atoms. The van der Waals surface area contributed by atoms with Gasteiger partial charge in [-0.2, -0.15) is 8.78 Å². The molecule has 0 heterocycles. The van der Waals surface area contributed by atoms with Gasteiger partial charge in [-0.25, -0.2) is 23.4 Å². The van der Waals surface area contributed by atoms with Crippen molar-refractivity contribution in [3.8, 4) is 22.6 Å². The van der Waals surface area contributed by atoms with Crippen LogP contribution in [-0.4, -0.2) is 39.0 Å². The molecule has 0 radical (unpaired) electrons. The predicted octanol–water partition coefficient (Wildman–Crippen LogP) is 9.21. The van der Waals surface area contributed by atoms with E-state index < -0.39 is 40.4 Å². The van der Waals surface area contributed by atoms with Gasteiger partial charge in [-0.1, -0.05) is 64.0 Å². The van der Waals surface area contributed by atoms with Crippen molar-refractivity contribution < 1.29 is 46.3 Å². The van der Waals surface area contributed by atoms with E-state index in [0.717, 1.165) is 70.3 Å². The van der Waals surface area contributed by atoms with Crippen LogP contribution in [0.3, 0.4) is 0 Å². The molecule has 0 aromatic heterocycles. The lowest BCUT2D eigenvalue weighted by molar-refractivity contribution is -0.286. The maximum atomic E-state index is 14.9. The number of carbonyl (C=O) groups is 1. The molecule has 0 atom stereocenters. The first kappa shape index (κ1) is 36.8. The smallest absolute Gasteiger partial charge is 0.330 e. The van der Waals surface area contributed by atoms with E-state index >= 15 is 0 Å². The molecule has 0 amide bonds. The first-order chi connectivity index (χ1) is 21.4. The standard InChI is InChI=1S/C34H44F4O6/c1-3-21-43-44-25-16-12-8-7-10-14-23-41-29-20-18-27(32(36)34(29)38)26-17-19-28(33(37)31(26)35)40-22-13-9-5-6-11-15-24-42-30(39)4-2/h3-4,17-20H,1-2,5-16,21-25H2. The predicted molar refractivity (Wildman–Crippen MR) is 161 cm³/mol. The van der Waals surface area contributed by atoms with Crippen molar-refractivity contribution in [3.05, 3.63) is 72.8 Å². The Bertz CT molecular complexity index is 1160. The minimum atomic E-state index is -1.32. The van der Waals surface area contributed by atoms with Crippen LogP contribution in [0, 0.1) is 23.3 Å². The van der Waals surface area contributed by atoms with E-state index in [1.165, 1.54) is 24.3 Å². The topological polar surface area (TPSA) is 63.2 Å². The molecule has 0 bridgehead atoms. The monoisotopic (exact) mass is 624 g/mol. The third kappa shape index (κ3) is 13.5. The molecule has 0 aliphatic rings. The van der Waals surface area contributed by atoms with Gasteiger partial charge in [-0.05, 0) is 49.9 Å². The van der Waals surface area contributed by atoms with E-state index in [1.54, 1.807) is 6.08 Å². The number of unbranched alkanes of at least 4 members (excludes halogenated alkanes) is 10. The Morgan fingerprint density at radius 3 is 1.45 bits per heavy atom. The SMILES string of the molecule is C=CCOOCCCCCCCCOc1ccc(-c2ccc(OCCCCCCCCOC(=O)C=C)c(F)c2F)c(F)c1F. The third-order valence-electron chi connectivity index (χ3n) is 6.74. The molecule has 2 rings (SSSR count). The van der Waals surface area contributed by atoms with Crippen molar-refractivity contribution in [1.82, 2.24) is 0 Å². The molecular weight excluding hydrogens is 580 g/mol. The lowest BCUT2D eigenvalue weighted by Crippen LogP contribution is -2.04. The Balaban J connectivity index is 1.72. The molecule has 0 unspecified atom stereocenters. The second-order valence-corrected chi connectivity index (χ2v) is 10.2. The summed E-state index contributed by atoms with van der Waals surface area (Å²) in [6.45, 7) is 8.48. The number of esters is 1. The molecule has 0 aliphatic carbocycles. The maximum absolute atomic E-state index is 14.9. The van der Waals surface area contributed by atoms with Crippen molar-refractivity contribution in [2.45, 2.75) is 77.0 Å². The molecule has 0 saturated heterocycles. The second kappa shape index (κ2) is 22.2. The zero-order valence-corrected chi connectivity index (χ0v) is 25.4. The highest BCUT2D eigenvalue weighted by Crippen LogP contribution is 2.34. The fourth-order valence-electron chi connectivity index (χ4n) is 4.33. The van der Waals surface area contributed by atoms with E-state index in [9.17, 15) is 22.4 Å². The minimum Gasteiger partial charge on any atom is -0.490 e. The average Bonchev–Trinajstić information content (AvgIpc) is 3.02. The Morgan fingerprint density at radius 2 is 1.00 bits per heavy atom. The molecule has 0 N–H and O–H groups in total. The number of rotatable bonds is 25. The summed E-state index contributed by atoms with van der Waals surface area (Å²) in [5, 5.41) is 0. The van der Waals surface area contributed by atoms with E-state index in [1.807, 2.05) is 0 Å². The molecule has 10 heteroatoms. The van der Waals surface area contributed by atoms with Gasteiger partial charge in [0.2, 0.25) is 11.6 Å². The maximum Gasteiger partial charge on any atom is 0.330 e. The summed E-state index contributed by atoms with van der Waals surface area (Å²) in [7, 11) is 0. The van der Waals surface area contributed by atoms with Gasteiger partial charge in [0.1, 0.15) is 6.61 Å². The molecule has 2 aromatic rings. The van der Waals surface area contributed by atoms with Crippen molar-refractivity contribution in [2.75, 3.05) is 33.0 Å². The van der Waals surface area contributed by atoms with Crippen LogP contribution in [-0.2, 0) is 19.3 Å². The summed E-state index contributed by atoms with van der Waals surface area (Å²) in [6, 6.07) is 4.78. The molecule has 244 valence electrons. The highest BCUT2D eigenvalue weighted by atomic mass is 19.2. The Labute approximate surface area is 257 Å². The van der Waals surface area contributed by atoms with Crippen LogP contribution in [0.1, 0.15) is 77.0 Å². The lowest BCUT2D eigenvalue weighted by atomic mass is 10.0. The summed E-state index contributed by atoms with van der Waals surface area (Å²) in [5.41, 5.74) is -0.815. The number of carbonyl (C=O) groups excluding carboxylic acids is 1. The first-order valence-corrected chi connectivity index (χ1v) is 15.3. The van der Waals surface area contributed by atoms with Gasteiger partial charge in [0.25, 0.3) is 0 Å². The number of halogens is 4. The lowest BCUT2D eigenvalue weighted by Gasteiger charge is -2.13. The molecule has 44 heavy (non-hydrogen) atoms. The molecule has 6 nitrogen and oxygen atoms in total. The number of hydrogen-bond donors (Lipinski definition) is 0. The van der Waals surface area contributed by atoms with Gasteiger partial charge < -0.3 is 14.2 Å². The van der Waals surface area contributed by atoms with Gasteiger partial charge in [0.05, 0.1) is 26.4 Å². The summed E-state index contributed by atoms with van der Waals surface area (Å²) < 4.78 is 74.8. The summed E-state index contributed by atoms with van der Waals surface area (Å²) in [6.07, 6.45) is 13.1.